The first kappa shape index (κ1) is 15.6. The number of allylic oxidation sites excluding steroid dienone is 2. The maximum Gasteiger partial charge on any atom is 0.416 e. The summed E-state index contributed by atoms with van der Waals surface area (Å²) in [6, 6.07) is 5.00. The lowest BCUT2D eigenvalue weighted by atomic mass is 9.96. The van der Waals surface area contributed by atoms with Crippen LogP contribution in [-0.2, 0) is 11.0 Å². The van der Waals surface area contributed by atoms with Gasteiger partial charge in [0.15, 0.2) is 5.78 Å². The van der Waals surface area contributed by atoms with Gasteiger partial charge in [0.05, 0.1) is 5.56 Å². The van der Waals surface area contributed by atoms with Crippen molar-refractivity contribution in [1.29, 1.82) is 0 Å². The second-order valence-corrected chi connectivity index (χ2v) is 5.14. The lowest BCUT2D eigenvalue weighted by Crippen LogP contribution is -2.12. The van der Waals surface area contributed by atoms with E-state index < -0.39 is 11.7 Å². The third-order valence-electron chi connectivity index (χ3n) is 3.73. The number of hydrogen-bond acceptors (Lipinski definition) is 2. The monoisotopic (exact) mass is 297 g/mol. The molecule has 2 nitrogen and oxygen atoms in total. The minimum Gasteiger partial charge on any atom is -0.388 e. The predicted molar refractivity (Wildman–Crippen MR) is 75.4 cm³/mol. The Kier molecular flexibility index (Phi) is 4.40. The molecule has 114 valence electrons. The van der Waals surface area contributed by atoms with Crippen LogP contribution in [0.1, 0.15) is 37.8 Å². The highest BCUT2D eigenvalue weighted by atomic mass is 19.4. The van der Waals surface area contributed by atoms with Crippen LogP contribution in [0.25, 0.3) is 5.57 Å². The number of hydrogen-bond donors (Lipinski definition) is 1. The van der Waals surface area contributed by atoms with E-state index in [-0.39, 0.29) is 11.7 Å². The third-order valence-corrected chi connectivity index (χ3v) is 3.73. The zero-order valence-corrected chi connectivity index (χ0v) is 12.1. The highest BCUT2D eigenvalue weighted by Crippen LogP contribution is 2.37. The summed E-state index contributed by atoms with van der Waals surface area (Å²) in [6.45, 7) is 4.46. The summed E-state index contributed by atoms with van der Waals surface area (Å²) >= 11 is 0. The van der Waals surface area contributed by atoms with E-state index in [2.05, 4.69) is 5.32 Å². The van der Waals surface area contributed by atoms with Gasteiger partial charge in [0, 0.05) is 23.7 Å². The van der Waals surface area contributed by atoms with Crippen molar-refractivity contribution < 1.29 is 18.0 Å². The second-order valence-electron chi connectivity index (χ2n) is 5.14. The van der Waals surface area contributed by atoms with Gasteiger partial charge >= 0.3 is 6.18 Å². The summed E-state index contributed by atoms with van der Waals surface area (Å²) in [5.74, 6) is -0.198. The molecule has 0 spiro atoms. The molecule has 0 aliphatic heterocycles. The van der Waals surface area contributed by atoms with Crippen LogP contribution in [0.15, 0.2) is 30.0 Å². The Balaban J connectivity index is 2.47. The number of alkyl halides is 3. The van der Waals surface area contributed by atoms with Crippen molar-refractivity contribution in [1.82, 2.24) is 5.32 Å². The summed E-state index contributed by atoms with van der Waals surface area (Å²) in [5, 5.41) is 3.12. The lowest BCUT2D eigenvalue weighted by Gasteiger charge is -2.11. The van der Waals surface area contributed by atoms with Gasteiger partial charge in [-0.1, -0.05) is 19.1 Å². The first-order valence-corrected chi connectivity index (χ1v) is 7.07. The third kappa shape index (κ3) is 3.12. The van der Waals surface area contributed by atoms with E-state index in [1.54, 1.807) is 6.07 Å². The van der Waals surface area contributed by atoms with Gasteiger partial charge in [-0.25, -0.2) is 0 Å². The van der Waals surface area contributed by atoms with E-state index in [0.717, 1.165) is 17.8 Å². The van der Waals surface area contributed by atoms with Crippen LogP contribution >= 0.6 is 0 Å². The molecule has 1 aromatic carbocycles. The predicted octanol–water partition coefficient (Wildman–Crippen LogP) is 4.03. The summed E-state index contributed by atoms with van der Waals surface area (Å²) in [6.07, 6.45) is -3.13. The Morgan fingerprint density at radius 1 is 1.29 bits per heavy atom. The van der Waals surface area contributed by atoms with Crippen molar-refractivity contribution in [2.45, 2.75) is 32.9 Å². The molecule has 0 amide bonds. The van der Waals surface area contributed by atoms with Gasteiger partial charge in [-0.15, -0.1) is 0 Å². The zero-order valence-electron chi connectivity index (χ0n) is 12.1. The average Bonchev–Trinajstić information content (AvgIpc) is 2.74. The van der Waals surface area contributed by atoms with E-state index in [1.807, 2.05) is 13.8 Å². The Morgan fingerprint density at radius 2 is 2.00 bits per heavy atom. The van der Waals surface area contributed by atoms with E-state index >= 15 is 0 Å². The smallest absolute Gasteiger partial charge is 0.388 e. The molecule has 0 bridgehead atoms. The molecule has 2 rings (SSSR count). The SMILES string of the molecule is CCNC1=C(c2cccc(C(F)(F)F)c2)C(=O)C(CC)C1. The number of carbonyl (C=O) groups is 1. The van der Waals surface area contributed by atoms with Crippen LogP contribution in [0.4, 0.5) is 13.2 Å². The number of rotatable bonds is 4. The van der Waals surface area contributed by atoms with Crippen molar-refractivity contribution in [3.8, 4) is 0 Å². The molecule has 0 aromatic heterocycles. The molecule has 0 fully saturated rings. The van der Waals surface area contributed by atoms with Gasteiger partial charge in [0.1, 0.15) is 0 Å². The largest absolute Gasteiger partial charge is 0.416 e. The van der Waals surface area contributed by atoms with E-state index in [4.69, 9.17) is 0 Å². The Bertz CT molecular complexity index is 575. The summed E-state index contributed by atoms with van der Waals surface area (Å²) in [7, 11) is 0. The molecule has 0 saturated heterocycles. The van der Waals surface area contributed by atoms with Gasteiger partial charge in [-0.05, 0) is 37.5 Å². The fourth-order valence-corrected chi connectivity index (χ4v) is 2.67. The van der Waals surface area contributed by atoms with Crippen LogP contribution in [0.5, 0.6) is 0 Å². The van der Waals surface area contributed by atoms with Crippen molar-refractivity contribution in [2.75, 3.05) is 6.54 Å². The topological polar surface area (TPSA) is 29.1 Å². The first-order valence-electron chi connectivity index (χ1n) is 7.07. The Morgan fingerprint density at radius 3 is 2.57 bits per heavy atom. The fourth-order valence-electron chi connectivity index (χ4n) is 2.67. The Hall–Kier alpha value is -1.78. The number of halogens is 3. The molecule has 1 N–H and O–H groups in total. The van der Waals surface area contributed by atoms with Crippen LogP contribution < -0.4 is 5.32 Å². The summed E-state index contributed by atoms with van der Waals surface area (Å²) in [5.41, 5.74) is 0.793. The van der Waals surface area contributed by atoms with Crippen molar-refractivity contribution >= 4 is 11.4 Å². The quantitative estimate of drug-likeness (QED) is 0.909. The van der Waals surface area contributed by atoms with Crippen molar-refractivity contribution in [3.05, 3.63) is 41.1 Å². The molecule has 5 heteroatoms. The fraction of sp³-hybridized carbons (Fsp3) is 0.438. The van der Waals surface area contributed by atoms with Crippen LogP contribution in [-0.4, -0.2) is 12.3 Å². The van der Waals surface area contributed by atoms with Crippen LogP contribution in [0, 0.1) is 5.92 Å². The number of carbonyl (C=O) groups excluding carboxylic acids is 1. The van der Waals surface area contributed by atoms with Gasteiger partial charge in [-0.3, -0.25) is 4.79 Å². The molecular weight excluding hydrogens is 279 g/mol. The Labute approximate surface area is 122 Å². The molecule has 0 saturated carbocycles. The van der Waals surface area contributed by atoms with Gasteiger partial charge in [0.2, 0.25) is 0 Å². The summed E-state index contributed by atoms with van der Waals surface area (Å²) < 4.78 is 38.5. The van der Waals surface area contributed by atoms with E-state index in [1.165, 1.54) is 6.07 Å². The number of nitrogens with one attached hydrogen (secondary N) is 1. The molecule has 1 unspecified atom stereocenters. The molecule has 0 heterocycles. The normalized spacial score (nSPS) is 19.3. The van der Waals surface area contributed by atoms with Gasteiger partial charge in [-0.2, -0.15) is 13.2 Å². The van der Waals surface area contributed by atoms with Gasteiger partial charge in [0.25, 0.3) is 0 Å². The minimum atomic E-state index is -4.40. The first-order chi connectivity index (χ1) is 9.88. The lowest BCUT2D eigenvalue weighted by molar-refractivity contribution is -0.137. The maximum absolute atomic E-state index is 12.8. The minimum absolute atomic E-state index is 0.0622. The number of Topliss-reactive ketones (excluding diaryl/α,β-unsaturated/α-hetero) is 1. The molecule has 1 atom stereocenters. The highest BCUT2D eigenvalue weighted by Gasteiger charge is 2.35. The van der Waals surface area contributed by atoms with E-state index in [9.17, 15) is 18.0 Å². The number of ketones is 1. The highest BCUT2D eigenvalue weighted by molar-refractivity contribution is 6.24. The average molecular weight is 297 g/mol. The molecule has 1 aliphatic rings. The van der Waals surface area contributed by atoms with Crippen LogP contribution in [0.3, 0.4) is 0 Å². The molecule has 1 aliphatic carbocycles. The van der Waals surface area contributed by atoms with Crippen molar-refractivity contribution in [2.24, 2.45) is 5.92 Å². The van der Waals surface area contributed by atoms with Gasteiger partial charge < -0.3 is 5.32 Å². The molecular formula is C16H18F3NO. The standard InChI is InChI=1S/C16H18F3NO/c1-3-10-9-13(20-4-2)14(15(10)21)11-6-5-7-12(8-11)16(17,18)19/h5-8,10,20H,3-4,9H2,1-2H3. The van der Waals surface area contributed by atoms with E-state index in [0.29, 0.717) is 30.5 Å². The maximum atomic E-state index is 12.8. The van der Waals surface area contributed by atoms with Crippen molar-refractivity contribution in [3.63, 3.8) is 0 Å². The molecule has 21 heavy (non-hydrogen) atoms. The zero-order chi connectivity index (χ0) is 15.6. The van der Waals surface area contributed by atoms with Crippen LogP contribution in [0.2, 0.25) is 0 Å². The second kappa shape index (κ2) is 5.92. The number of benzene rings is 1. The summed E-state index contributed by atoms with van der Waals surface area (Å²) in [4.78, 5) is 12.4. The molecule has 1 aromatic rings. The molecule has 0 radical (unpaired) electrons.